The van der Waals surface area contributed by atoms with Crippen molar-refractivity contribution in [3.8, 4) is 0 Å². The van der Waals surface area contributed by atoms with E-state index < -0.39 is 0 Å². The predicted octanol–water partition coefficient (Wildman–Crippen LogP) is 2.26. The number of piperazine rings is 1. The second-order valence-corrected chi connectivity index (χ2v) is 5.35. The summed E-state index contributed by atoms with van der Waals surface area (Å²) < 4.78 is 0. The van der Waals surface area contributed by atoms with Crippen molar-refractivity contribution in [2.75, 3.05) is 26.2 Å². The van der Waals surface area contributed by atoms with Gasteiger partial charge in [0.15, 0.2) is 0 Å². The van der Waals surface area contributed by atoms with Gasteiger partial charge in [-0.1, -0.05) is 11.6 Å². The summed E-state index contributed by atoms with van der Waals surface area (Å²) in [6, 6.07) is 2.66. The first-order valence-corrected chi connectivity index (χ1v) is 6.59. The summed E-state index contributed by atoms with van der Waals surface area (Å²) in [6.07, 6.45) is 3.59. The predicted molar refractivity (Wildman–Crippen MR) is 71.2 cm³/mol. The molecule has 2 rings (SSSR count). The van der Waals surface area contributed by atoms with Crippen LogP contribution in [0, 0.1) is 0 Å². The van der Waals surface area contributed by atoms with Crippen LogP contribution in [-0.2, 0) is 6.54 Å². The van der Waals surface area contributed by atoms with E-state index in [-0.39, 0.29) is 0 Å². The molecule has 1 aromatic rings. The van der Waals surface area contributed by atoms with Crippen LogP contribution in [0.3, 0.4) is 0 Å². The molecule has 1 aromatic heterocycles. The first-order valence-electron chi connectivity index (χ1n) is 6.21. The molecule has 17 heavy (non-hydrogen) atoms. The van der Waals surface area contributed by atoms with Crippen molar-refractivity contribution in [3.63, 3.8) is 0 Å². The van der Waals surface area contributed by atoms with Crippen LogP contribution in [0.25, 0.3) is 0 Å². The molecule has 0 atom stereocenters. The highest BCUT2D eigenvalue weighted by atomic mass is 35.5. The van der Waals surface area contributed by atoms with Gasteiger partial charge in [0.2, 0.25) is 0 Å². The minimum atomic E-state index is 0.657. The fourth-order valence-corrected chi connectivity index (χ4v) is 2.43. The van der Waals surface area contributed by atoms with Crippen molar-refractivity contribution in [2.45, 2.75) is 26.4 Å². The third kappa shape index (κ3) is 3.66. The maximum Gasteiger partial charge on any atom is 0.0592 e. The fourth-order valence-electron chi connectivity index (χ4n) is 2.24. The van der Waals surface area contributed by atoms with Crippen molar-refractivity contribution >= 4 is 11.6 Å². The van der Waals surface area contributed by atoms with Gasteiger partial charge in [0.25, 0.3) is 0 Å². The van der Waals surface area contributed by atoms with Gasteiger partial charge in [0, 0.05) is 51.2 Å². The topological polar surface area (TPSA) is 19.4 Å². The molecule has 0 spiro atoms. The Morgan fingerprint density at radius 1 is 1.24 bits per heavy atom. The smallest absolute Gasteiger partial charge is 0.0592 e. The van der Waals surface area contributed by atoms with Gasteiger partial charge >= 0.3 is 0 Å². The summed E-state index contributed by atoms with van der Waals surface area (Å²) in [7, 11) is 0. The van der Waals surface area contributed by atoms with E-state index in [1.807, 2.05) is 12.3 Å². The minimum absolute atomic E-state index is 0.657. The van der Waals surface area contributed by atoms with E-state index in [2.05, 4.69) is 28.6 Å². The largest absolute Gasteiger partial charge is 0.298 e. The number of halogens is 1. The monoisotopic (exact) mass is 253 g/mol. The molecular weight excluding hydrogens is 234 g/mol. The molecule has 2 heterocycles. The number of hydrogen-bond acceptors (Lipinski definition) is 3. The van der Waals surface area contributed by atoms with Crippen LogP contribution in [0.5, 0.6) is 0 Å². The van der Waals surface area contributed by atoms with Gasteiger partial charge in [-0.05, 0) is 25.5 Å². The van der Waals surface area contributed by atoms with Gasteiger partial charge in [-0.3, -0.25) is 14.8 Å². The quantitative estimate of drug-likeness (QED) is 0.824. The maximum absolute atomic E-state index is 5.94. The maximum atomic E-state index is 5.94. The van der Waals surface area contributed by atoms with E-state index in [1.54, 1.807) is 6.20 Å². The summed E-state index contributed by atoms with van der Waals surface area (Å²) >= 11 is 5.94. The number of pyridine rings is 1. The third-order valence-electron chi connectivity index (χ3n) is 3.30. The summed E-state index contributed by atoms with van der Waals surface area (Å²) in [5.74, 6) is 0. The second kappa shape index (κ2) is 5.80. The van der Waals surface area contributed by atoms with Crippen molar-refractivity contribution in [3.05, 3.63) is 29.0 Å². The van der Waals surface area contributed by atoms with Gasteiger partial charge in [-0.25, -0.2) is 0 Å². The third-order valence-corrected chi connectivity index (χ3v) is 3.51. The Bertz CT molecular complexity index is 359. The lowest BCUT2D eigenvalue weighted by molar-refractivity contribution is 0.104. The number of hydrogen-bond donors (Lipinski definition) is 0. The normalized spacial score (nSPS) is 18.8. The molecule has 0 aliphatic carbocycles. The summed E-state index contributed by atoms with van der Waals surface area (Å²) in [4.78, 5) is 9.11. The van der Waals surface area contributed by atoms with Gasteiger partial charge in [-0.15, -0.1) is 0 Å². The lowest BCUT2D eigenvalue weighted by atomic mass is 10.2. The molecule has 1 aliphatic rings. The highest BCUT2D eigenvalue weighted by Crippen LogP contribution is 2.13. The van der Waals surface area contributed by atoms with Crippen LogP contribution in [0.2, 0.25) is 5.02 Å². The molecule has 1 fully saturated rings. The Morgan fingerprint density at radius 2 is 1.94 bits per heavy atom. The first kappa shape index (κ1) is 12.8. The molecule has 94 valence electrons. The van der Waals surface area contributed by atoms with E-state index in [0.29, 0.717) is 6.04 Å². The molecule has 0 unspecified atom stereocenters. The van der Waals surface area contributed by atoms with Crippen LogP contribution in [0.4, 0.5) is 0 Å². The molecule has 0 bridgehead atoms. The van der Waals surface area contributed by atoms with Gasteiger partial charge in [0.1, 0.15) is 0 Å². The number of aromatic nitrogens is 1. The summed E-state index contributed by atoms with van der Waals surface area (Å²) in [5, 5.41) is 0.725. The van der Waals surface area contributed by atoms with Crippen LogP contribution in [0.15, 0.2) is 18.5 Å². The summed E-state index contributed by atoms with van der Waals surface area (Å²) in [5.41, 5.74) is 1.20. The van der Waals surface area contributed by atoms with Crippen LogP contribution >= 0.6 is 11.6 Å². The average molecular weight is 254 g/mol. The SMILES string of the molecule is CC(C)N1CCN(Cc2cncc(Cl)c2)CC1. The van der Waals surface area contributed by atoms with E-state index in [4.69, 9.17) is 11.6 Å². The Morgan fingerprint density at radius 3 is 2.53 bits per heavy atom. The van der Waals surface area contributed by atoms with Gasteiger partial charge in [0.05, 0.1) is 5.02 Å². The molecule has 1 saturated heterocycles. The molecule has 1 aliphatic heterocycles. The van der Waals surface area contributed by atoms with Crippen molar-refractivity contribution in [1.82, 2.24) is 14.8 Å². The molecule has 3 nitrogen and oxygen atoms in total. The average Bonchev–Trinajstić information content (AvgIpc) is 2.29. The Labute approximate surface area is 108 Å². The number of rotatable bonds is 3. The zero-order chi connectivity index (χ0) is 12.3. The van der Waals surface area contributed by atoms with Crippen LogP contribution in [0.1, 0.15) is 19.4 Å². The molecule has 0 aromatic carbocycles. The summed E-state index contributed by atoms with van der Waals surface area (Å²) in [6.45, 7) is 10.1. The van der Waals surface area contributed by atoms with Crippen molar-refractivity contribution in [1.29, 1.82) is 0 Å². The van der Waals surface area contributed by atoms with E-state index in [9.17, 15) is 0 Å². The highest BCUT2D eigenvalue weighted by molar-refractivity contribution is 6.30. The molecule has 4 heteroatoms. The fraction of sp³-hybridized carbons (Fsp3) is 0.615. The lowest BCUT2D eigenvalue weighted by Gasteiger charge is -2.36. The molecule has 0 radical (unpaired) electrons. The van der Waals surface area contributed by atoms with E-state index in [1.165, 1.54) is 5.56 Å². The first-order chi connectivity index (χ1) is 8.15. The highest BCUT2D eigenvalue weighted by Gasteiger charge is 2.18. The zero-order valence-electron chi connectivity index (χ0n) is 10.6. The minimum Gasteiger partial charge on any atom is -0.298 e. The Balaban J connectivity index is 1.86. The Kier molecular flexibility index (Phi) is 4.37. The van der Waals surface area contributed by atoms with E-state index in [0.717, 1.165) is 37.7 Å². The molecule has 0 saturated carbocycles. The van der Waals surface area contributed by atoms with Crippen molar-refractivity contribution in [2.24, 2.45) is 0 Å². The van der Waals surface area contributed by atoms with Crippen LogP contribution < -0.4 is 0 Å². The van der Waals surface area contributed by atoms with Crippen molar-refractivity contribution < 1.29 is 0 Å². The standard InChI is InChI=1S/C13H20ClN3/c1-11(2)17-5-3-16(4-6-17)10-12-7-13(14)9-15-8-12/h7-9,11H,3-6,10H2,1-2H3. The van der Waals surface area contributed by atoms with E-state index >= 15 is 0 Å². The zero-order valence-corrected chi connectivity index (χ0v) is 11.3. The van der Waals surface area contributed by atoms with Gasteiger partial charge < -0.3 is 0 Å². The Hall–Kier alpha value is -0.640. The molecular formula is C13H20ClN3. The van der Waals surface area contributed by atoms with Gasteiger partial charge in [-0.2, -0.15) is 0 Å². The second-order valence-electron chi connectivity index (χ2n) is 4.92. The number of nitrogens with zero attached hydrogens (tertiary/aromatic N) is 3. The molecule has 0 amide bonds. The van der Waals surface area contributed by atoms with Crippen LogP contribution in [-0.4, -0.2) is 47.0 Å². The molecule has 0 N–H and O–H groups in total. The lowest BCUT2D eigenvalue weighted by Crippen LogP contribution is -2.48.